The maximum atomic E-state index is 12.9. The van der Waals surface area contributed by atoms with Crippen molar-refractivity contribution in [3.63, 3.8) is 0 Å². The molecule has 0 fully saturated rings. The number of rotatable bonds is 8. The van der Waals surface area contributed by atoms with Gasteiger partial charge in [0.1, 0.15) is 11.0 Å². The molecule has 9 heteroatoms. The second kappa shape index (κ2) is 11.1. The van der Waals surface area contributed by atoms with Crippen molar-refractivity contribution in [2.45, 2.75) is 11.3 Å². The summed E-state index contributed by atoms with van der Waals surface area (Å²) in [6.07, 6.45) is 2.10. The first-order valence-electron chi connectivity index (χ1n) is 10.3. The summed E-state index contributed by atoms with van der Waals surface area (Å²) in [5, 5.41) is 11.6. The number of hydrogen-bond donors (Lipinski definition) is 3. The largest absolute Gasteiger partial charge is 0.351 e. The van der Waals surface area contributed by atoms with Crippen molar-refractivity contribution in [3.8, 4) is 11.1 Å². The van der Waals surface area contributed by atoms with Crippen LogP contribution in [0.4, 0.5) is 0 Å². The van der Waals surface area contributed by atoms with E-state index in [0.29, 0.717) is 42.1 Å². The summed E-state index contributed by atoms with van der Waals surface area (Å²) in [7, 11) is 2.57. The average molecular weight is 457 g/mol. The molecular formula is C23H28N4O4S. The third-order valence-electron chi connectivity index (χ3n) is 5.18. The highest BCUT2D eigenvalue weighted by Crippen LogP contribution is 2.23. The predicted molar refractivity (Wildman–Crippen MR) is 123 cm³/mol. The fourth-order valence-electron chi connectivity index (χ4n) is 3.30. The van der Waals surface area contributed by atoms with E-state index in [1.165, 1.54) is 0 Å². The molecule has 32 heavy (non-hydrogen) atoms. The number of nitrogens with zero attached hydrogens (tertiary/aromatic N) is 2. The summed E-state index contributed by atoms with van der Waals surface area (Å²) in [4.78, 5) is 26.4. The first-order valence-corrected chi connectivity index (χ1v) is 11.4. The third-order valence-corrected chi connectivity index (χ3v) is 6.66. The van der Waals surface area contributed by atoms with Gasteiger partial charge in [-0.05, 0) is 55.9 Å². The maximum Gasteiger partial charge on any atom is 0.270 e. The van der Waals surface area contributed by atoms with E-state index in [0.717, 1.165) is 17.7 Å². The quantitative estimate of drug-likeness (QED) is 0.415. The van der Waals surface area contributed by atoms with Gasteiger partial charge in [-0.1, -0.05) is 30.3 Å². The van der Waals surface area contributed by atoms with Crippen LogP contribution >= 0.6 is 0 Å². The van der Waals surface area contributed by atoms with Crippen LogP contribution in [0.2, 0.25) is 0 Å². The van der Waals surface area contributed by atoms with Gasteiger partial charge in [0.05, 0.1) is 4.90 Å². The fourth-order valence-corrected chi connectivity index (χ4v) is 4.44. The minimum absolute atomic E-state index is 0.0978. The van der Waals surface area contributed by atoms with Gasteiger partial charge in [0, 0.05) is 37.3 Å². The Balaban J connectivity index is 1.61. The summed E-state index contributed by atoms with van der Waals surface area (Å²) in [5.41, 5.74) is 4.66. The smallest absolute Gasteiger partial charge is 0.270 e. The number of likely N-dealkylation sites (N-methyl/N-ethyl adjacent to an activating group) is 1. The van der Waals surface area contributed by atoms with Gasteiger partial charge in [-0.25, -0.2) is 14.0 Å². The zero-order valence-corrected chi connectivity index (χ0v) is 19.0. The van der Waals surface area contributed by atoms with E-state index in [9.17, 15) is 13.8 Å². The molecule has 2 aromatic rings. The Kier molecular flexibility index (Phi) is 8.29. The molecule has 170 valence electrons. The number of hydroxylamine groups is 1. The van der Waals surface area contributed by atoms with Crippen LogP contribution in [-0.2, 0) is 15.8 Å². The van der Waals surface area contributed by atoms with Crippen molar-refractivity contribution in [1.82, 2.24) is 20.0 Å². The topological polar surface area (TPSA) is 102 Å². The van der Waals surface area contributed by atoms with Gasteiger partial charge in [0.15, 0.2) is 0 Å². The molecule has 0 bridgehead atoms. The van der Waals surface area contributed by atoms with Crippen LogP contribution in [0.3, 0.4) is 0 Å². The summed E-state index contributed by atoms with van der Waals surface area (Å²) in [5.74, 6) is -0.615. The Morgan fingerprint density at radius 3 is 2.19 bits per heavy atom. The van der Waals surface area contributed by atoms with Crippen LogP contribution in [-0.4, -0.2) is 70.7 Å². The lowest BCUT2D eigenvalue weighted by atomic mass is 10.0. The van der Waals surface area contributed by atoms with E-state index < -0.39 is 16.9 Å². The molecule has 0 spiro atoms. The summed E-state index contributed by atoms with van der Waals surface area (Å²) in [6, 6.07) is 14.9. The van der Waals surface area contributed by atoms with E-state index in [1.807, 2.05) is 55.4 Å². The number of benzene rings is 2. The van der Waals surface area contributed by atoms with Crippen molar-refractivity contribution in [2.75, 3.05) is 40.3 Å². The van der Waals surface area contributed by atoms with Gasteiger partial charge >= 0.3 is 0 Å². The van der Waals surface area contributed by atoms with Crippen molar-refractivity contribution in [1.29, 1.82) is 0 Å². The summed E-state index contributed by atoms with van der Waals surface area (Å²) < 4.78 is 14.6. The molecule has 0 saturated heterocycles. The zero-order valence-electron chi connectivity index (χ0n) is 18.2. The van der Waals surface area contributed by atoms with Crippen LogP contribution in [0, 0.1) is 0 Å². The Hall–Kier alpha value is -2.85. The third kappa shape index (κ3) is 6.10. The fraction of sp³-hybridized carbons (Fsp3) is 0.304. The Morgan fingerprint density at radius 1 is 1.03 bits per heavy atom. The molecule has 2 amide bonds. The molecule has 0 aliphatic carbocycles. The lowest BCUT2D eigenvalue weighted by Crippen LogP contribution is -2.34. The number of amides is 2. The van der Waals surface area contributed by atoms with Gasteiger partial charge in [-0.15, -0.1) is 0 Å². The SMILES string of the molecule is CN(C)CCNC(=O)c1ccc(-c2ccc(S(=O)N3CC=C(C(=O)NO)CC3)cc2)cc1. The minimum Gasteiger partial charge on any atom is -0.351 e. The maximum absolute atomic E-state index is 12.9. The summed E-state index contributed by atoms with van der Waals surface area (Å²) in [6.45, 7) is 2.21. The first kappa shape index (κ1) is 23.8. The first-order chi connectivity index (χ1) is 15.4. The predicted octanol–water partition coefficient (Wildman–Crippen LogP) is 1.81. The van der Waals surface area contributed by atoms with Gasteiger partial charge in [0.2, 0.25) is 0 Å². The lowest BCUT2D eigenvalue weighted by molar-refractivity contribution is -0.125. The van der Waals surface area contributed by atoms with Crippen LogP contribution in [0.1, 0.15) is 16.8 Å². The molecule has 3 rings (SSSR count). The van der Waals surface area contributed by atoms with Crippen molar-refractivity contribution in [2.24, 2.45) is 0 Å². The molecule has 1 heterocycles. The van der Waals surface area contributed by atoms with Crippen molar-refractivity contribution >= 4 is 22.8 Å². The highest BCUT2D eigenvalue weighted by molar-refractivity contribution is 7.82. The molecule has 1 aliphatic rings. The molecule has 8 nitrogen and oxygen atoms in total. The standard InChI is InChI=1S/C23H28N4O4S/c1-26(2)16-13-24-22(28)19-5-3-17(4-6-19)18-7-9-21(10-8-18)32(31)27-14-11-20(12-15-27)23(29)25-30/h3-11,30H,12-16H2,1-2H3,(H,24,28)(H,25,29). The number of nitrogens with one attached hydrogen (secondary N) is 2. The Bertz CT molecular complexity index is 1000. The van der Waals surface area contributed by atoms with Crippen LogP contribution < -0.4 is 10.8 Å². The van der Waals surface area contributed by atoms with E-state index >= 15 is 0 Å². The van der Waals surface area contributed by atoms with E-state index in [-0.39, 0.29) is 5.91 Å². The van der Waals surface area contributed by atoms with Crippen LogP contribution in [0.25, 0.3) is 11.1 Å². The average Bonchev–Trinajstić information content (AvgIpc) is 2.83. The number of carbonyl (C=O) groups excluding carboxylic acids is 2. The highest BCUT2D eigenvalue weighted by Gasteiger charge is 2.21. The Morgan fingerprint density at radius 2 is 1.66 bits per heavy atom. The van der Waals surface area contributed by atoms with Crippen molar-refractivity contribution in [3.05, 3.63) is 65.7 Å². The minimum atomic E-state index is -1.34. The highest BCUT2D eigenvalue weighted by atomic mass is 32.2. The molecule has 0 aromatic heterocycles. The van der Waals surface area contributed by atoms with E-state index in [4.69, 9.17) is 5.21 Å². The van der Waals surface area contributed by atoms with Gasteiger partial charge in [-0.3, -0.25) is 14.8 Å². The molecule has 0 radical (unpaired) electrons. The number of hydrogen-bond acceptors (Lipinski definition) is 5. The van der Waals surface area contributed by atoms with Gasteiger partial charge < -0.3 is 10.2 Å². The zero-order chi connectivity index (χ0) is 23.1. The normalized spacial score (nSPS) is 15.2. The van der Waals surface area contributed by atoms with Crippen LogP contribution in [0.5, 0.6) is 0 Å². The van der Waals surface area contributed by atoms with Gasteiger partial charge in [-0.2, -0.15) is 0 Å². The van der Waals surface area contributed by atoms with E-state index in [2.05, 4.69) is 5.32 Å². The van der Waals surface area contributed by atoms with Crippen molar-refractivity contribution < 1.29 is 19.0 Å². The van der Waals surface area contributed by atoms with Gasteiger partial charge in [0.25, 0.3) is 11.8 Å². The van der Waals surface area contributed by atoms with Crippen LogP contribution in [0.15, 0.2) is 65.1 Å². The molecule has 3 N–H and O–H groups in total. The molecule has 1 unspecified atom stereocenters. The molecule has 2 aromatic carbocycles. The second-order valence-electron chi connectivity index (χ2n) is 7.72. The monoisotopic (exact) mass is 456 g/mol. The molecule has 1 atom stereocenters. The Labute approximate surface area is 190 Å². The number of carbonyl (C=O) groups is 2. The molecular weight excluding hydrogens is 428 g/mol. The summed E-state index contributed by atoms with van der Waals surface area (Å²) >= 11 is 0. The van der Waals surface area contributed by atoms with E-state index in [1.54, 1.807) is 28.0 Å². The molecule has 1 aliphatic heterocycles. The lowest BCUT2D eigenvalue weighted by Gasteiger charge is -2.24. The second-order valence-corrected chi connectivity index (χ2v) is 9.20. The molecule has 0 saturated carbocycles.